The molecule has 2 atom stereocenters. The molecule has 174 valence electrons. The first kappa shape index (κ1) is 20.8. The fourth-order valence-corrected chi connectivity index (χ4v) is 5.32. The van der Waals surface area contributed by atoms with E-state index in [1.54, 1.807) is 0 Å². The second kappa shape index (κ2) is 8.59. The van der Waals surface area contributed by atoms with E-state index < -0.39 is 0 Å². The molecule has 2 aromatic carbocycles. The highest BCUT2D eigenvalue weighted by atomic mass is 15.0. The lowest BCUT2D eigenvalue weighted by Crippen LogP contribution is -2.34. The van der Waals surface area contributed by atoms with Crippen LogP contribution in [0.3, 0.4) is 0 Å². The first-order valence-electron chi connectivity index (χ1n) is 12.4. The summed E-state index contributed by atoms with van der Waals surface area (Å²) in [5.41, 5.74) is 6.91. The highest BCUT2D eigenvalue weighted by Gasteiger charge is 2.22. The number of aromatic nitrogens is 3. The van der Waals surface area contributed by atoms with Crippen LogP contribution in [0.5, 0.6) is 0 Å². The quantitative estimate of drug-likeness (QED) is 0.297. The van der Waals surface area contributed by atoms with E-state index in [2.05, 4.69) is 142 Å². The van der Waals surface area contributed by atoms with Crippen LogP contribution in [-0.4, -0.2) is 27.0 Å². The molecule has 0 saturated heterocycles. The third-order valence-corrected chi connectivity index (χ3v) is 6.97. The Morgan fingerprint density at radius 3 is 2.11 bits per heavy atom. The van der Waals surface area contributed by atoms with Crippen LogP contribution in [0.2, 0.25) is 0 Å². The summed E-state index contributed by atoms with van der Waals surface area (Å²) in [6.45, 7) is 0. The van der Waals surface area contributed by atoms with Crippen LogP contribution >= 0.6 is 0 Å². The second-order valence-electron chi connectivity index (χ2n) is 9.37. The summed E-state index contributed by atoms with van der Waals surface area (Å²) in [7, 11) is 0. The smallest absolute Gasteiger partial charge is 0.0540 e. The minimum absolute atomic E-state index is 0.103. The van der Waals surface area contributed by atoms with Gasteiger partial charge in [-0.3, -0.25) is 5.32 Å². The monoisotopic (exact) mass is 466 g/mol. The van der Waals surface area contributed by atoms with Gasteiger partial charge in [0.1, 0.15) is 0 Å². The SMILES string of the molecule is C1=CC2NC1C=c1ccc([nH]1)=C(c1ccccc1)c1ccc([nH]1)C=c1ccc([nH]1)=C2c1ccccc1. The van der Waals surface area contributed by atoms with Crippen molar-refractivity contribution in [2.45, 2.75) is 12.1 Å². The van der Waals surface area contributed by atoms with E-state index in [0.717, 1.165) is 38.4 Å². The molecule has 2 unspecified atom stereocenters. The Kier molecular flexibility index (Phi) is 4.97. The molecule has 36 heavy (non-hydrogen) atoms. The predicted octanol–water partition coefficient (Wildman–Crippen LogP) is 2.64. The van der Waals surface area contributed by atoms with Gasteiger partial charge in [-0.1, -0.05) is 72.8 Å². The lowest BCUT2D eigenvalue weighted by molar-refractivity contribution is 0.729. The zero-order valence-corrected chi connectivity index (χ0v) is 19.7. The highest BCUT2D eigenvalue weighted by Crippen LogP contribution is 2.22. The summed E-state index contributed by atoms with van der Waals surface area (Å²) in [4.78, 5) is 11.0. The van der Waals surface area contributed by atoms with Gasteiger partial charge >= 0.3 is 0 Å². The van der Waals surface area contributed by atoms with Gasteiger partial charge < -0.3 is 15.0 Å². The first-order chi connectivity index (χ1) is 17.8. The number of hydrogen-bond donors (Lipinski definition) is 4. The average molecular weight is 467 g/mol. The molecule has 0 saturated carbocycles. The van der Waals surface area contributed by atoms with Crippen LogP contribution in [-0.2, 0) is 0 Å². The van der Waals surface area contributed by atoms with Crippen molar-refractivity contribution in [3.8, 4) is 0 Å². The fourth-order valence-electron chi connectivity index (χ4n) is 5.32. The maximum atomic E-state index is 3.80. The molecule has 0 spiro atoms. The Morgan fingerprint density at radius 1 is 0.556 bits per heavy atom. The Morgan fingerprint density at radius 2 is 1.28 bits per heavy atom. The summed E-state index contributed by atoms with van der Waals surface area (Å²) >= 11 is 0. The van der Waals surface area contributed by atoms with E-state index in [0.29, 0.717) is 0 Å². The van der Waals surface area contributed by atoms with Gasteiger partial charge in [0.15, 0.2) is 0 Å². The minimum Gasteiger partial charge on any atom is -0.355 e. The maximum Gasteiger partial charge on any atom is 0.0540 e. The zero-order valence-electron chi connectivity index (χ0n) is 19.7. The lowest BCUT2D eigenvalue weighted by Gasteiger charge is -2.16. The Balaban J connectivity index is 1.49. The van der Waals surface area contributed by atoms with Gasteiger partial charge in [-0.15, -0.1) is 0 Å². The molecule has 7 rings (SSSR count). The van der Waals surface area contributed by atoms with Gasteiger partial charge in [0.2, 0.25) is 0 Å². The fraction of sp³-hybridized carbons (Fsp3) is 0.0625. The number of rotatable bonds is 2. The third kappa shape index (κ3) is 3.78. The van der Waals surface area contributed by atoms with Crippen molar-refractivity contribution in [3.63, 3.8) is 0 Å². The van der Waals surface area contributed by atoms with E-state index in [9.17, 15) is 0 Å². The molecule has 0 amide bonds. The van der Waals surface area contributed by atoms with Crippen LogP contribution in [0.15, 0.2) is 109 Å². The number of fused-ring (bicyclic) bond motifs is 8. The highest BCUT2D eigenvalue weighted by molar-refractivity contribution is 5.78. The van der Waals surface area contributed by atoms with Crippen molar-refractivity contribution < 1.29 is 0 Å². The van der Waals surface area contributed by atoms with E-state index in [1.807, 2.05) is 0 Å². The Hall–Kier alpha value is -4.54. The van der Waals surface area contributed by atoms with Crippen molar-refractivity contribution >= 4 is 23.3 Å². The molecule has 4 heteroatoms. The van der Waals surface area contributed by atoms with Gasteiger partial charge in [0, 0.05) is 50.0 Å². The Labute approximate surface area is 208 Å². The molecule has 2 aliphatic rings. The average Bonchev–Trinajstić information content (AvgIpc) is 3.72. The van der Waals surface area contributed by atoms with Crippen molar-refractivity contribution in [2.75, 3.05) is 0 Å². The van der Waals surface area contributed by atoms with Crippen LogP contribution in [0.1, 0.15) is 22.5 Å². The van der Waals surface area contributed by atoms with E-state index in [-0.39, 0.29) is 12.1 Å². The number of benzene rings is 2. The van der Waals surface area contributed by atoms with Crippen molar-refractivity contribution in [1.82, 2.24) is 20.3 Å². The van der Waals surface area contributed by atoms with Crippen LogP contribution in [0.25, 0.3) is 23.3 Å². The van der Waals surface area contributed by atoms with Gasteiger partial charge in [-0.2, -0.15) is 0 Å². The molecule has 3 aromatic heterocycles. The second-order valence-corrected chi connectivity index (χ2v) is 9.37. The first-order valence-corrected chi connectivity index (χ1v) is 12.4. The van der Waals surface area contributed by atoms with Gasteiger partial charge in [-0.25, -0.2) is 0 Å². The van der Waals surface area contributed by atoms with Crippen molar-refractivity contribution in [1.29, 1.82) is 0 Å². The van der Waals surface area contributed by atoms with E-state index in [4.69, 9.17) is 0 Å². The standard InChI is InChI=1S/C32H26N4/c1-3-7-21(8-4-1)31-27-15-11-23(33-27)19-25-13-17-29(35-25)32(22-9-5-2-6-10-22)30-18-14-26(36-30)20-24-12-16-28(31)34-24/h1-20,23,27,33-36H. The van der Waals surface area contributed by atoms with Crippen LogP contribution in [0, 0.1) is 0 Å². The maximum absolute atomic E-state index is 3.80. The lowest BCUT2D eigenvalue weighted by atomic mass is 9.99. The summed E-state index contributed by atoms with van der Waals surface area (Å²) in [5, 5.41) is 8.16. The minimum atomic E-state index is 0.103. The number of H-pyrrole nitrogens is 3. The van der Waals surface area contributed by atoms with Gasteiger partial charge in [0.05, 0.1) is 6.04 Å². The summed E-state index contributed by atoms with van der Waals surface area (Å²) in [6, 6.07) is 34.4. The summed E-state index contributed by atoms with van der Waals surface area (Å²) in [6.07, 6.45) is 8.94. The number of aromatic amines is 3. The van der Waals surface area contributed by atoms with Crippen molar-refractivity contribution in [2.24, 2.45) is 0 Å². The number of nitrogens with one attached hydrogen (secondary N) is 4. The largest absolute Gasteiger partial charge is 0.355 e. The third-order valence-electron chi connectivity index (χ3n) is 6.97. The molecule has 4 N–H and O–H groups in total. The topological polar surface area (TPSA) is 59.4 Å². The van der Waals surface area contributed by atoms with Gasteiger partial charge in [0.25, 0.3) is 0 Å². The van der Waals surface area contributed by atoms with E-state index >= 15 is 0 Å². The molecule has 5 aromatic rings. The number of hydrogen-bond acceptors (Lipinski definition) is 1. The molecule has 0 aliphatic carbocycles. The predicted molar refractivity (Wildman–Crippen MR) is 146 cm³/mol. The molecular formula is C32H26N4. The zero-order chi connectivity index (χ0) is 23.9. The molecule has 2 aliphatic heterocycles. The summed E-state index contributed by atoms with van der Waals surface area (Å²) in [5.74, 6) is 0. The molecule has 0 radical (unpaired) electrons. The van der Waals surface area contributed by atoms with Gasteiger partial charge in [-0.05, 0) is 59.7 Å². The van der Waals surface area contributed by atoms with Crippen molar-refractivity contribution in [3.05, 3.63) is 153 Å². The molecule has 0 fully saturated rings. The normalized spacial score (nSPS) is 18.7. The molecule has 5 heterocycles. The van der Waals surface area contributed by atoms with Crippen LogP contribution in [0.4, 0.5) is 0 Å². The summed E-state index contributed by atoms with van der Waals surface area (Å²) < 4.78 is 0. The Bertz CT molecular complexity index is 1810. The molecular weight excluding hydrogens is 440 g/mol. The molecule has 4 nitrogen and oxygen atoms in total. The van der Waals surface area contributed by atoms with E-state index in [1.165, 1.54) is 16.7 Å². The van der Waals surface area contributed by atoms with Crippen LogP contribution < -0.4 is 26.7 Å². The molecule has 8 bridgehead atoms.